The van der Waals surface area contributed by atoms with E-state index in [0.29, 0.717) is 22.0 Å². The summed E-state index contributed by atoms with van der Waals surface area (Å²) in [4.78, 5) is 12.2. The smallest absolute Gasteiger partial charge is 0.239 e. The van der Waals surface area contributed by atoms with Crippen molar-refractivity contribution in [1.82, 2.24) is 4.31 Å². The van der Waals surface area contributed by atoms with E-state index in [1.165, 1.54) is 7.11 Å². The Kier molecular flexibility index (Phi) is 6.41. The van der Waals surface area contributed by atoms with Gasteiger partial charge in [-0.3, -0.25) is 4.79 Å². The maximum Gasteiger partial charge on any atom is 0.239 e. The van der Waals surface area contributed by atoms with Gasteiger partial charge >= 0.3 is 0 Å². The largest absolute Gasteiger partial charge is 0.496 e. The summed E-state index contributed by atoms with van der Waals surface area (Å²) >= 11 is 5.88. The van der Waals surface area contributed by atoms with Crippen molar-refractivity contribution in [2.45, 2.75) is 6.54 Å². The van der Waals surface area contributed by atoms with Crippen LogP contribution in [-0.2, 0) is 21.4 Å². The van der Waals surface area contributed by atoms with Gasteiger partial charge in [-0.05, 0) is 24.3 Å². The predicted molar refractivity (Wildman–Crippen MR) is 98.3 cm³/mol. The van der Waals surface area contributed by atoms with Gasteiger partial charge in [-0.25, -0.2) is 8.42 Å². The second-order valence-corrected chi connectivity index (χ2v) is 7.82. The summed E-state index contributed by atoms with van der Waals surface area (Å²) in [6.45, 7) is -0.283. The third kappa shape index (κ3) is 5.74. The van der Waals surface area contributed by atoms with E-state index in [-0.39, 0.29) is 13.1 Å². The van der Waals surface area contributed by atoms with Crippen LogP contribution in [0.2, 0.25) is 5.02 Å². The van der Waals surface area contributed by atoms with Crippen LogP contribution in [0.5, 0.6) is 5.75 Å². The molecule has 0 bridgehead atoms. The molecule has 8 heteroatoms. The third-order valence-electron chi connectivity index (χ3n) is 3.44. The molecule has 25 heavy (non-hydrogen) atoms. The van der Waals surface area contributed by atoms with E-state index in [0.717, 1.165) is 10.6 Å². The number of sulfonamides is 1. The number of rotatable bonds is 7. The Morgan fingerprint density at radius 1 is 1.20 bits per heavy atom. The van der Waals surface area contributed by atoms with Crippen molar-refractivity contribution in [2.75, 3.05) is 25.2 Å². The van der Waals surface area contributed by atoms with Gasteiger partial charge in [0.2, 0.25) is 15.9 Å². The Bertz CT molecular complexity index is 855. The lowest BCUT2D eigenvalue weighted by Crippen LogP contribution is -2.37. The number of benzene rings is 2. The molecule has 0 aromatic heterocycles. The molecule has 0 aliphatic carbocycles. The van der Waals surface area contributed by atoms with E-state index in [4.69, 9.17) is 16.3 Å². The van der Waals surface area contributed by atoms with Gasteiger partial charge in [-0.2, -0.15) is 4.31 Å². The Balaban J connectivity index is 2.14. The SMILES string of the molecule is COc1ccccc1CN(CC(=O)Nc1cccc(Cl)c1)S(C)(=O)=O. The number of halogens is 1. The lowest BCUT2D eigenvalue weighted by atomic mass is 10.2. The summed E-state index contributed by atoms with van der Waals surface area (Å²) in [6.07, 6.45) is 1.06. The summed E-state index contributed by atoms with van der Waals surface area (Å²) in [5.74, 6) is 0.106. The fraction of sp³-hybridized carbons (Fsp3) is 0.235. The molecule has 2 aromatic rings. The van der Waals surface area contributed by atoms with Crippen LogP contribution >= 0.6 is 11.6 Å². The molecule has 0 atom stereocenters. The molecule has 2 aromatic carbocycles. The highest BCUT2D eigenvalue weighted by Crippen LogP contribution is 2.20. The average Bonchev–Trinajstić information content (AvgIpc) is 2.53. The molecule has 0 spiro atoms. The first-order valence-corrected chi connectivity index (χ1v) is 9.64. The molecule has 0 heterocycles. The first kappa shape index (κ1) is 19.2. The minimum atomic E-state index is -3.59. The number of nitrogens with zero attached hydrogens (tertiary/aromatic N) is 1. The van der Waals surface area contributed by atoms with Crippen molar-refractivity contribution in [3.8, 4) is 5.75 Å². The van der Waals surface area contributed by atoms with E-state index in [1.807, 2.05) is 0 Å². The highest BCUT2D eigenvalue weighted by atomic mass is 35.5. The standard InChI is InChI=1S/C17H19ClN2O4S/c1-24-16-9-4-3-6-13(16)11-20(25(2,22)23)12-17(21)19-15-8-5-7-14(18)10-15/h3-10H,11-12H2,1-2H3,(H,19,21). The normalized spacial score (nSPS) is 11.4. The van der Waals surface area contributed by atoms with Crippen LogP contribution in [0.15, 0.2) is 48.5 Å². The lowest BCUT2D eigenvalue weighted by molar-refractivity contribution is -0.116. The molecular weight excluding hydrogens is 364 g/mol. The number of ether oxygens (including phenoxy) is 1. The average molecular weight is 383 g/mol. The zero-order valence-corrected chi connectivity index (χ0v) is 15.5. The fourth-order valence-corrected chi connectivity index (χ4v) is 3.16. The van der Waals surface area contributed by atoms with Gasteiger partial charge in [-0.1, -0.05) is 35.9 Å². The summed E-state index contributed by atoms with van der Waals surface area (Å²) in [7, 11) is -2.08. The van der Waals surface area contributed by atoms with E-state index in [2.05, 4.69) is 5.32 Å². The van der Waals surface area contributed by atoms with Gasteiger partial charge < -0.3 is 10.1 Å². The van der Waals surface area contributed by atoms with Crippen LogP contribution in [0, 0.1) is 0 Å². The van der Waals surface area contributed by atoms with Crippen LogP contribution in [0.4, 0.5) is 5.69 Å². The van der Waals surface area contributed by atoms with Crippen molar-refractivity contribution >= 4 is 33.2 Å². The molecule has 1 amide bonds. The quantitative estimate of drug-likeness (QED) is 0.798. The molecule has 0 saturated carbocycles. The maximum absolute atomic E-state index is 12.2. The minimum Gasteiger partial charge on any atom is -0.496 e. The predicted octanol–water partition coefficient (Wildman–Crippen LogP) is 2.75. The number of amides is 1. The Morgan fingerprint density at radius 3 is 2.56 bits per heavy atom. The molecule has 0 unspecified atom stereocenters. The number of hydrogen-bond donors (Lipinski definition) is 1. The van der Waals surface area contributed by atoms with Gasteiger partial charge in [0, 0.05) is 22.8 Å². The molecule has 134 valence electrons. The Labute approximate surface area is 152 Å². The molecule has 0 fully saturated rings. The third-order valence-corrected chi connectivity index (χ3v) is 4.87. The number of anilines is 1. The topological polar surface area (TPSA) is 75.7 Å². The zero-order valence-electron chi connectivity index (χ0n) is 13.9. The van der Waals surface area contributed by atoms with Crippen LogP contribution in [0.3, 0.4) is 0 Å². The molecule has 6 nitrogen and oxygen atoms in total. The molecule has 0 saturated heterocycles. The number of carbonyl (C=O) groups excluding carboxylic acids is 1. The number of methoxy groups -OCH3 is 1. The van der Waals surface area contributed by atoms with Crippen LogP contribution in [0.1, 0.15) is 5.56 Å². The highest BCUT2D eigenvalue weighted by molar-refractivity contribution is 7.88. The van der Waals surface area contributed by atoms with Gasteiger partial charge in [0.15, 0.2) is 0 Å². The highest BCUT2D eigenvalue weighted by Gasteiger charge is 2.22. The van der Waals surface area contributed by atoms with E-state index >= 15 is 0 Å². The monoisotopic (exact) mass is 382 g/mol. The van der Waals surface area contributed by atoms with Gasteiger partial charge in [0.25, 0.3) is 0 Å². The molecule has 0 aliphatic heterocycles. The van der Waals surface area contributed by atoms with Crippen molar-refractivity contribution < 1.29 is 17.9 Å². The molecule has 1 N–H and O–H groups in total. The number of carbonyl (C=O) groups is 1. The van der Waals surface area contributed by atoms with Crippen molar-refractivity contribution in [2.24, 2.45) is 0 Å². The summed E-state index contributed by atoms with van der Waals surface area (Å²) < 4.78 is 30.4. The molecular formula is C17H19ClN2O4S. The van der Waals surface area contributed by atoms with E-state index < -0.39 is 15.9 Å². The second-order valence-electron chi connectivity index (χ2n) is 5.40. The van der Waals surface area contributed by atoms with Crippen LogP contribution < -0.4 is 10.1 Å². The molecule has 0 radical (unpaired) electrons. The van der Waals surface area contributed by atoms with Gasteiger partial charge in [-0.15, -0.1) is 0 Å². The lowest BCUT2D eigenvalue weighted by Gasteiger charge is -2.20. The van der Waals surface area contributed by atoms with Crippen molar-refractivity contribution in [1.29, 1.82) is 0 Å². The molecule has 2 rings (SSSR count). The first-order valence-electron chi connectivity index (χ1n) is 7.42. The van der Waals surface area contributed by atoms with Gasteiger partial charge in [0.05, 0.1) is 19.9 Å². The summed E-state index contributed by atoms with van der Waals surface area (Å²) in [5, 5.41) is 3.12. The van der Waals surface area contributed by atoms with Crippen molar-refractivity contribution in [3.05, 3.63) is 59.1 Å². The number of para-hydroxylation sites is 1. The fourth-order valence-electron chi connectivity index (χ4n) is 2.24. The maximum atomic E-state index is 12.2. The minimum absolute atomic E-state index is 0.0335. The zero-order chi connectivity index (χ0) is 18.4. The van der Waals surface area contributed by atoms with Crippen molar-refractivity contribution in [3.63, 3.8) is 0 Å². The molecule has 0 aliphatic rings. The summed E-state index contributed by atoms with van der Waals surface area (Å²) in [5.41, 5.74) is 1.18. The number of nitrogens with one attached hydrogen (secondary N) is 1. The van der Waals surface area contributed by atoms with Crippen LogP contribution in [0.25, 0.3) is 0 Å². The first-order chi connectivity index (χ1) is 11.8. The van der Waals surface area contributed by atoms with Gasteiger partial charge in [0.1, 0.15) is 5.75 Å². The number of hydrogen-bond acceptors (Lipinski definition) is 4. The van der Waals surface area contributed by atoms with Crippen LogP contribution in [-0.4, -0.2) is 38.5 Å². The Hall–Kier alpha value is -2.09. The van der Waals surface area contributed by atoms with E-state index in [1.54, 1.807) is 48.5 Å². The van der Waals surface area contributed by atoms with E-state index in [9.17, 15) is 13.2 Å². The summed E-state index contributed by atoms with van der Waals surface area (Å²) in [6, 6.07) is 13.7. The Morgan fingerprint density at radius 2 is 1.92 bits per heavy atom. The second kappa shape index (κ2) is 8.33.